The van der Waals surface area contributed by atoms with Crippen molar-refractivity contribution in [3.05, 3.63) is 35.9 Å². The van der Waals surface area contributed by atoms with E-state index in [1.807, 2.05) is 35.2 Å². The number of benzene rings is 1. The molecule has 0 bridgehead atoms. The molecule has 2 rings (SSSR count). The lowest BCUT2D eigenvalue weighted by Crippen LogP contribution is -2.56. The average molecular weight is 281 g/mol. The summed E-state index contributed by atoms with van der Waals surface area (Å²) < 4.78 is 0. The van der Waals surface area contributed by atoms with Crippen LogP contribution in [0.1, 0.15) is 24.8 Å². The smallest absolute Gasteiger partial charge is 0.245 e. The van der Waals surface area contributed by atoms with Gasteiger partial charge in [0.1, 0.15) is 5.38 Å². The minimum absolute atomic E-state index is 0.0136. The summed E-state index contributed by atoms with van der Waals surface area (Å²) in [5.41, 5.74) is 0.869. The molecule has 0 radical (unpaired) electrons. The van der Waals surface area contributed by atoms with Crippen molar-refractivity contribution in [3.8, 4) is 0 Å². The van der Waals surface area contributed by atoms with Gasteiger partial charge in [0, 0.05) is 25.2 Å². The van der Waals surface area contributed by atoms with Gasteiger partial charge < -0.3 is 4.90 Å². The number of likely N-dealkylation sites (N-methyl/N-ethyl adjacent to an activating group) is 1. The molecule has 0 aromatic heterocycles. The van der Waals surface area contributed by atoms with Gasteiger partial charge in [-0.2, -0.15) is 0 Å². The van der Waals surface area contributed by atoms with Crippen molar-refractivity contribution in [1.29, 1.82) is 0 Å². The lowest BCUT2D eigenvalue weighted by molar-refractivity contribution is -0.134. The summed E-state index contributed by atoms with van der Waals surface area (Å²) in [4.78, 5) is 16.7. The number of amides is 1. The van der Waals surface area contributed by atoms with E-state index in [9.17, 15) is 4.79 Å². The van der Waals surface area contributed by atoms with Crippen LogP contribution in [0.2, 0.25) is 0 Å². The second-order valence-electron chi connectivity index (χ2n) is 5.38. The second-order valence-corrected chi connectivity index (χ2v) is 5.82. The van der Waals surface area contributed by atoms with Crippen LogP contribution in [-0.4, -0.2) is 47.9 Å². The summed E-state index contributed by atoms with van der Waals surface area (Å²) in [6.45, 7) is 5.77. The van der Waals surface area contributed by atoms with Gasteiger partial charge in [-0.3, -0.25) is 9.69 Å². The van der Waals surface area contributed by atoms with E-state index in [1.54, 1.807) is 0 Å². The lowest BCUT2D eigenvalue weighted by Gasteiger charge is -2.43. The topological polar surface area (TPSA) is 23.6 Å². The van der Waals surface area contributed by atoms with Gasteiger partial charge in [-0.15, -0.1) is 11.6 Å². The Kier molecular flexibility index (Phi) is 4.48. The highest BCUT2D eigenvalue weighted by Crippen LogP contribution is 2.25. The van der Waals surface area contributed by atoms with Crippen LogP contribution in [0.3, 0.4) is 0 Å². The maximum absolute atomic E-state index is 12.5. The largest absolute Gasteiger partial charge is 0.338 e. The molecule has 104 valence electrons. The highest BCUT2D eigenvalue weighted by Gasteiger charge is 2.32. The van der Waals surface area contributed by atoms with Gasteiger partial charge in [0.05, 0.1) is 0 Å². The molecule has 1 heterocycles. The van der Waals surface area contributed by atoms with Crippen molar-refractivity contribution in [2.45, 2.75) is 31.3 Å². The van der Waals surface area contributed by atoms with E-state index >= 15 is 0 Å². The summed E-state index contributed by atoms with van der Waals surface area (Å²) in [6, 6.07) is 10.3. The first-order valence-electron chi connectivity index (χ1n) is 6.70. The predicted molar refractivity (Wildman–Crippen MR) is 78.3 cm³/mol. The van der Waals surface area contributed by atoms with Crippen molar-refractivity contribution >= 4 is 17.5 Å². The summed E-state index contributed by atoms with van der Waals surface area (Å²) in [5, 5.41) is -0.580. The number of hydrogen-bond donors (Lipinski definition) is 0. The molecule has 3 atom stereocenters. The normalized spacial score (nSPS) is 26.2. The summed E-state index contributed by atoms with van der Waals surface area (Å²) in [7, 11) is 2.10. The number of alkyl halides is 1. The Morgan fingerprint density at radius 2 is 1.74 bits per heavy atom. The number of piperazine rings is 1. The third-order valence-corrected chi connectivity index (χ3v) is 4.42. The Balaban J connectivity index is 2.08. The number of carbonyl (C=O) groups is 1. The van der Waals surface area contributed by atoms with Crippen LogP contribution in [0.15, 0.2) is 30.3 Å². The van der Waals surface area contributed by atoms with Gasteiger partial charge in [0.25, 0.3) is 0 Å². The van der Waals surface area contributed by atoms with Crippen LogP contribution >= 0.6 is 11.6 Å². The first kappa shape index (κ1) is 14.4. The zero-order valence-corrected chi connectivity index (χ0v) is 12.5. The highest BCUT2D eigenvalue weighted by atomic mass is 35.5. The predicted octanol–water partition coefficient (Wildman–Crippen LogP) is 2.52. The van der Waals surface area contributed by atoms with E-state index in [0.29, 0.717) is 12.1 Å². The molecule has 3 unspecified atom stereocenters. The average Bonchev–Trinajstić information content (AvgIpc) is 2.43. The quantitative estimate of drug-likeness (QED) is 0.777. The molecule has 1 saturated heterocycles. The fourth-order valence-electron chi connectivity index (χ4n) is 2.51. The SMILES string of the molecule is CC1CN(C(=O)C(Cl)c2ccccc2)CC(C)N1C. The van der Waals surface area contributed by atoms with Crippen LogP contribution in [0.5, 0.6) is 0 Å². The molecule has 3 nitrogen and oxygen atoms in total. The van der Waals surface area contributed by atoms with Crippen LogP contribution < -0.4 is 0 Å². The van der Waals surface area contributed by atoms with E-state index in [1.165, 1.54) is 0 Å². The third-order valence-electron chi connectivity index (χ3n) is 3.98. The Bertz CT molecular complexity index is 425. The van der Waals surface area contributed by atoms with Gasteiger partial charge in [-0.25, -0.2) is 0 Å². The first-order chi connectivity index (χ1) is 9.00. The molecule has 0 spiro atoms. The van der Waals surface area contributed by atoms with Gasteiger partial charge in [-0.05, 0) is 26.5 Å². The molecule has 0 aliphatic carbocycles. The third kappa shape index (κ3) is 3.10. The molecular weight excluding hydrogens is 260 g/mol. The van der Waals surface area contributed by atoms with Crippen molar-refractivity contribution < 1.29 is 4.79 Å². The number of rotatable bonds is 2. The summed E-state index contributed by atoms with van der Waals surface area (Å²) in [5.74, 6) is 0.0136. The molecule has 1 aliphatic rings. The Hall–Kier alpha value is -1.06. The van der Waals surface area contributed by atoms with E-state index in [0.717, 1.165) is 18.7 Å². The molecule has 1 aliphatic heterocycles. The van der Waals surface area contributed by atoms with Crippen molar-refractivity contribution in [2.75, 3.05) is 20.1 Å². The second kappa shape index (κ2) is 5.93. The minimum atomic E-state index is -0.580. The van der Waals surface area contributed by atoms with E-state index in [-0.39, 0.29) is 5.91 Å². The van der Waals surface area contributed by atoms with Crippen LogP contribution in [-0.2, 0) is 4.79 Å². The Morgan fingerprint density at radius 1 is 1.21 bits per heavy atom. The van der Waals surface area contributed by atoms with Crippen LogP contribution in [0.25, 0.3) is 0 Å². The molecule has 19 heavy (non-hydrogen) atoms. The van der Waals surface area contributed by atoms with Gasteiger partial charge >= 0.3 is 0 Å². The van der Waals surface area contributed by atoms with Crippen molar-refractivity contribution in [2.24, 2.45) is 0 Å². The molecule has 0 N–H and O–H groups in total. The molecule has 0 saturated carbocycles. The summed E-state index contributed by atoms with van der Waals surface area (Å²) in [6.07, 6.45) is 0. The Morgan fingerprint density at radius 3 is 2.26 bits per heavy atom. The zero-order chi connectivity index (χ0) is 14.0. The summed E-state index contributed by atoms with van der Waals surface area (Å²) >= 11 is 6.32. The molecule has 1 amide bonds. The molecular formula is C15H21ClN2O. The van der Waals surface area contributed by atoms with Gasteiger partial charge in [0.2, 0.25) is 5.91 Å². The van der Waals surface area contributed by atoms with E-state index in [4.69, 9.17) is 11.6 Å². The molecule has 1 aromatic rings. The number of carbonyl (C=O) groups excluding carboxylic acids is 1. The maximum Gasteiger partial charge on any atom is 0.245 e. The van der Waals surface area contributed by atoms with Gasteiger partial charge in [0.15, 0.2) is 0 Å². The lowest BCUT2D eigenvalue weighted by atomic mass is 10.1. The number of nitrogens with zero attached hydrogens (tertiary/aromatic N) is 2. The standard InChI is InChI=1S/C15H21ClN2O/c1-11-9-18(10-12(2)17(11)3)15(19)14(16)13-7-5-4-6-8-13/h4-8,11-12,14H,9-10H2,1-3H3. The van der Waals surface area contributed by atoms with Crippen LogP contribution in [0.4, 0.5) is 0 Å². The minimum Gasteiger partial charge on any atom is -0.338 e. The monoisotopic (exact) mass is 280 g/mol. The molecule has 1 aromatic carbocycles. The number of halogens is 1. The fraction of sp³-hybridized carbons (Fsp3) is 0.533. The van der Waals surface area contributed by atoms with Crippen molar-refractivity contribution in [1.82, 2.24) is 9.80 Å². The molecule has 4 heteroatoms. The zero-order valence-electron chi connectivity index (χ0n) is 11.7. The van der Waals surface area contributed by atoms with Crippen molar-refractivity contribution in [3.63, 3.8) is 0 Å². The van der Waals surface area contributed by atoms with Gasteiger partial charge in [-0.1, -0.05) is 30.3 Å². The van der Waals surface area contributed by atoms with E-state index < -0.39 is 5.38 Å². The maximum atomic E-state index is 12.5. The fourth-order valence-corrected chi connectivity index (χ4v) is 2.79. The molecule has 1 fully saturated rings. The van der Waals surface area contributed by atoms with E-state index in [2.05, 4.69) is 25.8 Å². The first-order valence-corrected chi connectivity index (χ1v) is 7.14. The van der Waals surface area contributed by atoms with Crippen LogP contribution in [0, 0.1) is 0 Å². The number of hydrogen-bond acceptors (Lipinski definition) is 2. The Labute approximate surface area is 120 Å². The highest BCUT2D eigenvalue weighted by molar-refractivity contribution is 6.30.